The maximum atomic E-state index is 12.6. The van der Waals surface area contributed by atoms with Crippen LogP contribution in [0.25, 0.3) is 0 Å². The van der Waals surface area contributed by atoms with Crippen molar-refractivity contribution in [3.63, 3.8) is 0 Å². The van der Waals surface area contributed by atoms with E-state index in [9.17, 15) is 4.79 Å². The number of carbonyl (C=O) groups is 1. The van der Waals surface area contributed by atoms with Crippen LogP contribution in [-0.4, -0.2) is 66.9 Å². The first kappa shape index (κ1) is 20.4. The molecule has 1 unspecified atom stereocenters. The maximum absolute atomic E-state index is 12.6. The van der Waals surface area contributed by atoms with Crippen LogP contribution < -0.4 is 5.73 Å². The molecular formula is C23H32N4O. The van der Waals surface area contributed by atoms with Crippen LogP contribution in [0.3, 0.4) is 0 Å². The van der Waals surface area contributed by atoms with Gasteiger partial charge in [0.15, 0.2) is 0 Å². The summed E-state index contributed by atoms with van der Waals surface area (Å²) in [5.41, 5.74) is 10.0. The van der Waals surface area contributed by atoms with Crippen molar-refractivity contribution in [3.8, 4) is 0 Å². The lowest BCUT2D eigenvalue weighted by molar-refractivity contribution is 0.0773. The molecule has 28 heavy (non-hydrogen) atoms. The number of nitrogen functional groups attached to an aromatic ring is 1. The van der Waals surface area contributed by atoms with Gasteiger partial charge in [0.05, 0.1) is 6.04 Å². The van der Waals surface area contributed by atoms with E-state index >= 15 is 0 Å². The molecule has 0 aromatic heterocycles. The van der Waals surface area contributed by atoms with Gasteiger partial charge in [-0.3, -0.25) is 9.69 Å². The summed E-state index contributed by atoms with van der Waals surface area (Å²) in [6.07, 6.45) is 0. The predicted octanol–water partition coefficient (Wildman–Crippen LogP) is 3.09. The number of anilines is 1. The third kappa shape index (κ3) is 4.54. The van der Waals surface area contributed by atoms with E-state index in [2.05, 4.69) is 41.1 Å². The number of hydrogen-bond acceptors (Lipinski definition) is 4. The quantitative estimate of drug-likeness (QED) is 0.783. The van der Waals surface area contributed by atoms with E-state index in [1.165, 1.54) is 11.1 Å². The Bertz CT molecular complexity index is 777. The van der Waals surface area contributed by atoms with Crippen LogP contribution in [0.2, 0.25) is 0 Å². The van der Waals surface area contributed by atoms with Crippen molar-refractivity contribution in [1.82, 2.24) is 14.7 Å². The second kappa shape index (κ2) is 9.22. The minimum absolute atomic E-state index is 0.0941. The lowest BCUT2D eigenvalue weighted by Gasteiger charge is -2.38. The number of amides is 1. The van der Waals surface area contributed by atoms with Crippen LogP contribution in [-0.2, 0) is 0 Å². The van der Waals surface area contributed by atoms with Gasteiger partial charge in [-0.2, -0.15) is 0 Å². The summed E-state index contributed by atoms with van der Waals surface area (Å²) in [6.45, 7) is 9.60. The number of benzene rings is 2. The molecule has 150 valence electrons. The lowest BCUT2D eigenvalue weighted by Crippen LogP contribution is -2.46. The monoisotopic (exact) mass is 380 g/mol. The highest BCUT2D eigenvalue weighted by Crippen LogP contribution is 2.31. The highest BCUT2D eigenvalue weighted by atomic mass is 16.2. The number of carbonyl (C=O) groups excluding carboxylic acids is 1. The van der Waals surface area contributed by atoms with Crippen molar-refractivity contribution in [2.24, 2.45) is 0 Å². The van der Waals surface area contributed by atoms with E-state index in [1.54, 1.807) is 0 Å². The molecule has 1 atom stereocenters. The molecule has 2 N–H and O–H groups in total. The molecule has 0 radical (unpaired) electrons. The van der Waals surface area contributed by atoms with Crippen molar-refractivity contribution in [1.29, 1.82) is 0 Å². The molecule has 2 aromatic rings. The highest BCUT2D eigenvalue weighted by Gasteiger charge is 2.26. The van der Waals surface area contributed by atoms with Crippen molar-refractivity contribution in [2.45, 2.75) is 19.9 Å². The van der Waals surface area contributed by atoms with Crippen molar-refractivity contribution in [3.05, 3.63) is 65.2 Å². The van der Waals surface area contributed by atoms with Gasteiger partial charge in [0.25, 0.3) is 5.91 Å². The first-order chi connectivity index (χ1) is 13.5. The molecule has 1 heterocycles. The standard InChI is InChI=1S/C23H32N4O/c1-4-26(5-2)23(28)19-11-9-18(10-12-19)22(20-7-6-8-21(24)17-20)27-15-13-25(3)14-16-27/h6-12,17,22H,4-5,13-16,24H2,1-3H3. The van der Waals surface area contributed by atoms with Gasteiger partial charge < -0.3 is 15.5 Å². The number of rotatable bonds is 6. The number of nitrogens with two attached hydrogens (primary N) is 1. The molecule has 1 saturated heterocycles. The maximum Gasteiger partial charge on any atom is 0.253 e. The molecule has 1 aliphatic rings. The van der Waals surface area contributed by atoms with E-state index in [0.717, 1.165) is 50.5 Å². The average molecular weight is 381 g/mol. The second-order valence-corrected chi connectivity index (χ2v) is 7.51. The molecule has 1 aliphatic heterocycles. The fourth-order valence-electron chi connectivity index (χ4n) is 3.92. The molecule has 2 aromatic carbocycles. The van der Waals surface area contributed by atoms with Gasteiger partial charge >= 0.3 is 0 Å². The zero-order valence-electron chi connectivity index (χ0n) is 17.3. The van der Waals surface area contributed by atoms with Crippen molar-refractivity contribution in [2.75, 3.05) is 52.0 Å². The van der Waals surface area contributed by atoms with Gasteiger partial charge in [0.1, 0.15) is 0 Å². The summed E-state index contributed by atoms with van der Waals surface area (Å²) >= 11 is 0. The van der Waals surface area contributed by atoms with Gasteiger partial charge in [0, 0.05) is 50.5 Å². The Kier molecular flexibility index (Phi) is 6.70. The van der Waals surface area contributed by atoms with Crippen LogP contribution in [0.15, 0.2) is 48.5 Å². The summed E-state index contributed by atoms with van der Waals surface area (Å²) in [6, 6.07) is 16.4. The minimum atomic E-state index is 0.0941. The van der Waals surface area contributed by atoms with Crippen molar-refractivity contribution < 1.29 is 4.79 Å². The van der Waals surface area contributed by atoms with Gasteiger partial charge in [-0.1, -0.05) is 24.3 Å². The SMILES string of the molecule is CCN(CC)C(=O)c1ccc(C(c2cccc(N)c2)N2CCN(C)CC2)cc1. The summed E-state index contributed by atoms with van der Waals surface area (Å²) in [5.74, 6) is 0.0941. The summed E-state index contributed by atoms with van der Waals surface area (Å²) < 4.78 is 0. The van der Waals surface area contributed by atoms with Gasteiger partial charge in [0.2, 0.25) is 0 Å². The fraction of sp³-hybridized carbons (Fsp3) is 0.435. The Balaban J connectivity index is 1.91. The molecule has 0 spiro atoms. The fourth-order valence-corrected chi connectivity index (χ4v) is 3.92. The van der Waals surface area contributed by atoms with Crippen LogP contribution in [0.1, 0.15) is 41.4 Å². The van der Waals surface area contributed by atoms with E-state index in [0.29, 0.717) is 0 Å². The summed E-state index contributed by atoms with van der Waals surface area (Å²) in [4.78, 5) is 19.4. The zero-order chi connectivity index (χ0) is 20.1. The number of piperazine rings is 1. The Morgan fingerprint density at radius 3 is 2.21 bits per heavy atom. The molecule has 5 nitrogen and oxygen atoms in total. The normalized spacial score (nSPS) is 16.7. The zero-order valence-corrected chi connectivity index (χ0v) is 17.3. The Morgan fingerprint density at radius 1 is 1.00 bits per heavy atom. The minimum Gasteiger partial charge on any atom is -0.399 e. The third-order valence-corrected chi connectivity index (χ3v) is 5.65. The van der Waals surface area contributed by atoms with Gasteiger partial charge in [-0.05, 0) is 56.3 Å². The van der Waals surface area contributed by atoms with Gasteiger partial charge in [-0.25, -0.2) is 0 Å². The highest BCUT2D eigenvalue weighted by molar-refractivity contribution is 5.94. The first-order valence-electron chi connectivity index (χ1n) is 10.2. The second-order valence-electron chi connectivity index (χ2n) is 7.51. The van der Waals surface area contributed by atoms with Crippen molar-refractivity contribution >= 4 is 11.6 Å². The third-order valence-electron chi connectivity index (χ3n) is 5.65. The average Bonchev–Trinajstić information content (AvgIpc) is 2.71. The molecule has 1 amide bonds. The first-order valence-corrected chi connectivity index (χ1v) is 10.2. The van der Waals surface area contributed by atoms with Gasteiger partial charge in [-0.15, -0.1) is 0 Å². The van der Waals surface area contributed by atoms with Crippen LogP contribution >= 0.6 is 0 Å². The van der Waals surface area contributed by atoms with Crippen LogP contribution in [0, 0.1) is 0 Å². The largest absolute Gasteiger partial charge is 0.399 e. The smallest absolute Gasteiger partial charge is 0.253 e. The lowest BCUT2D eigenvalue weighted by atomic mass is 9.95. The Labute approximate surface area is 168 Å². The van der Waals surface area contributed by atoms with Crippen LogP contribution in [0.4, 0.5) is 5.69 Å². The Morgan fingerprint density at radius 2 is 1.64 bits per heavy atom. The van der Waals surface area contributed by atoms with E-state index in [1.807, 2.05) is 43.0 Å². The molecule has 0 bridgehead atoms. The molecule has 0 saturated carbocycles. The number of likely N-dealkylation sites (N-methyl/N-ethyl adjacent to an activating group) is 1. The summed E-state index contributed by atoms with van der Waals surface area (Å²) in [5, 5.41) is 0. The van der Waals surface area contributed by atoms with E-state index < -0.39 is 0 Å². The molecular weight excluding hydrogens is 348 g/mol. The number of hydrogen-bond donors (Lipinski definition) is 1. The summed E-state index contributed by atoms with van der Waals surface area (Å²) in [7, 11) is 2.17. The van der Waals surface area contributed by atoms with E-state index in [4.69, 9.17) is 5.73 Å². The molecule has 3 rings (SSSR count). The molecule has 0 aliphatic carbocycles. The molecule has 1 fully saturated rings. The van der Waals surface area contributed by atoms with E-state index in [-0.39, 0.29) is 11.9 Å². The Hall–Kier alpha value is -2.37. The topological polar surface area (TPSA) is 52.8 Å². The van der Waals surface area contributed by atoms with Crippen LogP contribution in [0.5, 0.6) is 0 Å². The molecule has 5 heteroatoms. The number of nitrogens with zero attached hydrogens (tertiary/aromatic N) is 3. The predicted molar refractivity (Wildman–Crippen MR) is 115 cm³/mol.